The third-order valence-electron chi connectivity index (χ3n) is 4.41. The molecule has 0 N–H and O–H groups in total. The molecule has 7 nitrogen and oxygen atoms in total. The molecule has 3 rings (SSSR count). The first-order valence-corrected chi connectivity index (χ1v) is 11.7. The fourth-order valence-electron chi connectivity index (χ4n) is 2.88. The van der Waals surface area contributed by atoms with Gasteiger partial charge in [-0.25, -0.2) is 8.42 Å². The zero-order chi connectivity index (χ0) is 20.3. The Hall–Kier alpha value is -1.62. The number of hydrogen-bond donors (Lipinski definition) is 0. The Morgan fingerprint density at radius 3 is 2.21 bits per heavy atom. The van der Waals surface area contributed by atoms with Crippen molar-refractivity contribution in [3.8, 4) is 11.5 Å². The maximum Gasteiger partial charge on any atom is 0.263 e. The Kier molecular flexibility index (Phi) is 6.64. The molecule has 1 aromatic heterocycles. The van der Waals surface area contributed by atoms with Crippen LogP contribution < -0.4 is 9.47 Å². The minimum atomic E-state index is -3.52. The van der Waals surface area contributed by atoms with Gasteiger partial charge < -0.3 is 14.4 Å². The molecule has 1 aliphatic rings. The maximum atomic E-state index is 12.7. The predicted molar refractivity (Wildman–Crippen MR) is 110 cm³/mol. The lowest BCUT2D eigenvalue weighted by molar-refractivity contribution is -0.139. The number of nitrogens with zero attached hydrogens (tertiary/aromatic N) is 2. The molecule has 152 valence electrons. The topological polar surface area (TPSA) is 76.2 Å². The largest absolute Gasteiger partial charge is 0.497 e. The van der Waals surface area contributed by atoms with E-state index in [9.17, 15) is 13.2 Å². The van der Waals surface area contributed by atoms with E-state index in [-0.39, 0.29) is 19.0 Å². The number of ether oxygens (including phenoxy) is 2. The van der Waals surface area contributed by atoms with Crippen LogP contribution >= 0.6 is 27.3 Å². The molecule has 0 bridgehead atoms. The van der Waals surface area contributed by atoms with E-state index in [1.165, 1.54) is 15.6 Å². The molecule has 28 heavy (non-hydrogen) atoms. The molecule has 1 saturated heterocycles. The first-order chi connectivity index (χ1) is 13.3. The van der Waals surface area contributed by atoms with Crippen LogP contribution in [0.2, 0.25) is 0 Å². The molecule has 1 aromatic carbocycles. The van der Waals surface area contributed by atoms with E-state index < -0.39 is 16.1 Å². The van der Waals surface area contributed by atoms with E-state index in [0.29, 0.717) is 28.8 Å². The number of methoxy groups -OCH3 is 1. The summed E-state index contributed by atoms with van der Waals surface area (Å²) in [4.78, 5) is 14.3. The second kappa shape index (κ2) is 8.81. The van der Waals surface area contributed by atoms with E-state index in [2.05, 4.69) is 15.9 Å². The first-order valence-electron chi connectivity index (χ1n) is 8.66. The number of piperazine rings is 1. The van der Waals surface area contributed by atoms with Crippen LogP contribution in [0.15, 0.2) is 44.4 Å². The standard InChI is InChI=1S/C18H21BrN2O5S2/c1-13(26-15-5-3-14(25-2)4-6-15)18(22)20-9-11-21(12-10-20)28(23,24)17-8-7-16(19)27-17/h3-8,13H,9-12H2,1-2H3. The summed E-state index contributed by atoms with van der Waals surface area (Å²) in [6.45, 7) is 2.89. The minimum absolute atomic E-state index is 0.160. The number of amides is 1. The van der Waals surface area contributed by atoms with Crippen molar-refractivity contribution < 1.29 is 22.7 Å². The fraction of sp³-hybridized carbons (Fsp3) is 0.389. The highest BCUT2D eigenvalue weighted by Crippen LogP contribution is 2.29. The van der Waals surface area contributed by atoms with Gasteiger partial charge in [0.1, 0.15) is 15.7 Å². The predicted octanol–water partition coefficient (Wildman–Crippen LogP) is 2.82. The summed E-state index contributed by atoms with van der Waals surface area (Å²) in [5.74, 6) is 1.12. The Morgan fingerprint density at radius 2 is 1.68 bits per heavy atom. The second-order valence-electron chi connectivity index (χ2n) is 6.22. The lowest BCUT2D eigenvalue weighted by Gasteiger charge is -2.34. The van der Waals surface area contributed by atoms with E-state index in [4.69, 9.17) is 9.47 Å². The molecule has 1 atom stereocenters. The Morgan fingerprint density at radius 1 is 1.07 bits per heavy atom. The van der Waals surface area contributed by atoms with Gasteiger partial charge in [-0.2, -0.15) is 4.31 Å². The SMILES string of the molecule is COc1ccc(OC(C)C(=O)N2CCN(S(=O)(=O)c3ccc(Br)s3)CC2)cc1. The number of carbonyl (C=O) groups is 1. The number of carbonyl (C=O) groups excluding carboxylic acids is 1. The number of halogens is 1. The van der Waals surface area contributed by atoms with Crippen LogP contribution in [-0.4, -0.2) is 62.9 Å². The molecular weight excluding hydrogens is 468 g/mol. The van der Waals surface area contributed by atoms with Crippen LogP contribution in [0, 0.1) is 0 Å². The zero-order valence-electron chi connectivity index (χ0n) is 15.5. The van der Waals surface area contributed by atoms with Gasteiger partial charge in [-0.3, -0.25) is 4.79 Å². The summed E-state index contributed by atoms with van der Waals surface area (Å²) < 4.78 is 38.7. The van der Waals surface area contributed by atoms with Gasteiger partial charge in [-0.1, -0.05) is 0 Å². The van der Waals surface area contributed by atoms with Crippen molar-refractivity contribution in [1.82, 2.24) is 9.21 Å². The number of benzene rings is 1. The monoisotopic (exact) mass is 488 g/mol. The van der Waals surface area contributed by atoms with Gasteiger partial charge in [-0.05, 0) is 59.3 Å². The summed E-state index contributed by atoms with van der Waals surface area (Å²) in [6, 6.07) is 10.3. The molecular formula is C18H21BrN2O5S2. The molecule has 1 unspecified atom stereocenters. The first kappa shape index (κ1) is 21.1. The third kappa shape index (κ3) is 4.68. The highest BCUT2D eigenvalue weighted by Gasteiger charge is 2.32. The zero-order valence-corrected chi connectivity index (χ0v) is 18.7. The van der Waals surface area contributed by atoms with E-state index in [1.54, 1.807) is 55.3 Å². The van der Waals surface area contributed by atoms with Crippen molar-refractivity contribution >= 4 is 43.2 Å². The van der Waals surface area contributed by atoms with Crippen LogP contribution in [0.1, 0.15) is 6.92 Å². The molecule has 0 aliphatic carbocycles. The normalized spacial score (nSPS) is 16.6. The molecule has 0 saturated carbocycles. The van der Waals surface area contributed by atoms with Crippen LogP contribution in [0.3, 0.4) is 0 Å². The summed E-state index contributed by atoms with van der Waals surface area (Å²) >= 11 is 4.47. The second-order valence-corrected chi connectivity index (χ2v) is 10.9. The summed E-state index contributed by atoms with van der Waals surface area (Å²) in [5.41, 5.74) is 0. The van der Waals surface area contributed by atoms with Crippen molar-refractivity contribution in [3.63, 3.8) is 0 Å². The van der Waals surface area contributed by atoms with Crippen LogP contribution in [0.4, 0.5) is 0 Å². The number of rotatable bonds is 6. The average Bonchev–Trinajstić information content (AvgIpc) is 3.15. The van der Waals surface area contributed by atoms with Crippen molar-refractivity contribution in [1.29, 1.82) is 0 Å². The van der Waals surface area contributed by atoms with Gasteiger partial charge in [0, 0.05) is 26.2 Å². The quantitative estimate of drug-likeness (QED) is 0.624. The Labute approximate surface area is 177 Å². The lowest BCUT2D eigenvalue weighted by Crippen LogP contribution is -2.53. The number of thiophene rings is 1. The Bertz CT molecular complexity index is 922. The van der Waals surface area contributed by atoms with Crippen molar-refractivity contribution in [2.24, 2.45) is 0 Å². The summed E-state index contributed by atoms with van der Waals surface area (Å²) in [7, 11) is -1.94. The van der Waals surface area contributed by atoms with Gasteiger partial charge in [-0.15, -0.1) is 11.3 Å². The third-order valence-corrected chi connectivity index (χ3v) is 8.40. The maximum absolute atomic E-state index is 12.7. The van der Waals surface area contributed by atoms with E-state index in [0.717, 1.165) is 3.79 Å². The highest BCUT2D eigenvalue weighted by molar-refractivity contribution is 9.11. The van der Waals surface area contributed by atoms with Crippen molar-refractivity contribution in [2.75, 3.05) is 33.3 Å². The van der Waals surface area contributed by atoms with Gasteiger partial charge in [0.05, 0.1) is 10.9 Å². The van der Waals surface area contributed by atoms with E-state index in [1.807, 2.05) is 0 Å². The van der Waals surface area contributed by atoms with Gasteiger partial charge in [0.25, 0.3) is 15.9 Å². The molecule has 1 aliphatic heterocycles. The lowest BCUT2D eigenvalue weighted by atomic mass is 10.2. The molecule has 0 spiro atoms. The van der Waals surface area contributed by atoms with Crippen molar-refractivity contribution in [2.45, 2.75) is 17.2 Å². The van der Waals surface area contributed by atoms with Gasteiger partial charge >= 0.3 is 0 Å². The highest BCUT2D eigenvalue weighted by atomic mass is 79.9. The molecule has 1 amide bonds. The number of sulfonamides is 1. The smallest absolute Gasteiger partial charge is 0.263 e. The van der Waals surface area contributed by atoms with Crippen LogP contribution in [0.5, 0.6) is 11.5 Å². The van der Waals surface area contributed by atoms with E-state index >= 15 is 0 Å². The fourth-order valence-corrected chi connectivity index (χ4v) is 6.46. The van der Waals surface area contributed by atoms with Crippen molar-refractivity contribution in [3.05, 3.63) is 40.2 Å². The molecule has 2 heterocycles. The molecule has 10 heteroatoms. The molecule has 0 radical (unpaired) electrons. The molecule has 1 fully saturated rings. The van der Waals surface area contributed by atoms with Crippen LogP contribution in [-0.2, 0) is 14.8 Å². The molecule has 2 aromatic rings. The Balaban J connectivity index is 1.57. The summed E-state index contributed by atoms with van der Waals surface area (Å²) in [5, 5.41) is 0. The van der Waals surface area contributed by atoms with Gasteiger partial charge in [0.2, 0.25) is 0 Å². The van der Waals surface area contributed by atoms with Crippen LogP contribution in [0.25, 0.3) is 0 Å². The van der Waals surface area contributed by atoms with Gasteiger partial charge in [0.15, 0.2) is 6.10 Å². The minimum Gasteiger partial charge on any atom is -0.497 e. The summed E-state index contributed by atoms with van der Waals surface area (Å²) in [6.07, 6.45) is -0.662. The average molecular weight is 489 g/mol. The number of hydrogen-bond acceptors (Lipinski definition) is 6.